The number of hydrogen-bond acceptors (Lipinski definition) is 1. The van der Waals surface area contributed by atoms with Gasteiger partial charge in [-0.2, -0.15) is 0 Å². The highest BCUT2D eigenvalue weighted by atomic mass is 16.2. The molecule has 0 spiro atoms. The third-order valence-electron chi connectivity index (χ3n) is 4.87. The molecule has 19 heavy (non-hydrogen) atoms. The minimum Gasteiger partial charge on any atom is -0.338 e. The second kappa shape index (κ2) is 5.36. The van der Waals surface area contributed by atoms with E-state index >= 15 is 0 Å². The van der Waals surface area contributed by atoms with Gasteiger partial charge in [-0.25, -0.2) is 0 Å². The first-order chi connectivity index (χ1) is 9.27. The quantitative estimate of drug-likeness (QED) is 0.791. The van der Waals surface area contributed by atoms with Crippen LogP contribution in [0.3, 0.4) is 0 Å². The Kier molecular flexibility index (Phi) is 3.58. The lowest BCUT2D eigenvalue weighted by molar-refractivity contribution is -0.137. The molecule has 2 nitrogen and oxygen atoms in total. The van der Waals surface area contributed by atoms with E-state index in [1.54, 1.807) is 0 Å². The molecule has 102 valence electrons. The molecule has 3 rings (SSSR count). The lowest BCUT2D eigenvalue weighted by Gasteiger charge is -2.31. The van der Waals surface area contributed by atoms with Crippen molar-refractivity contribution in [2.24, 2.45) is 5.92 Å². The molecule has 0 aromatic heterocycles. The Labute approximate surface area is 115 Å². The van der Waals surface area contributed by atoms with Gasteiger partial charge in [-0.15, -0.1) is 0 Å². The Hall–Kier alpha value is -1.31. The zero-order valence-corrected chi connectivity index (χ0v) is 11.8. The fourth-order valence-corrected chi connectivity index (χ4v) is 3.73. The van der Waals surface area contributed by atoms with Crippen LogP contribution in [-0.2, 0) is 11.2 Å². The Morgan fingerprint density at radius 3 is 2.63 bits per heavy atom. The number of aryl methyl sites for hydroxylation is 1. The van der Waals surface area contributed by atoms with Crippen molar-refractivity contribution < 1.29 is 4.79 Å². The van der Waals surface area contributed by atoms with Crippen LogP contribution in [0, 0.1) is 5.92 Å². The number of hydrogen-bond donors (Lipinski definition) is 0. The van der Waals surface area contributed by atoms with Crippen molar-refractivity contribution in [2.75, 3.05) is 7.05 Å². The number of fused-ring (bicyclic) bond motifs is 1. The molecule has 1 saturated carbocycles. The molecular weight excluding hydrogens is 234 g/mol. The molecule has 1 unspecified atom stereocenters. The first kappa shape index (κ1) is 12.7. The van der Waals surface area contributed by atoms with Gasteiger partial charge in [0.05, 0.1) is 6.04 Å². The van der Waals surface area contributed by atoms with Crippen LogP contribution < -0.4 is 0 Å². The largest absolute Gasteiger partial charge is 0.338 e. The first-order valence-electron chi connectivity index (χ1n) is 7.62. The second-order valence-corrected chi connectivity index (χ2v) is 6.04. The normalized spacial score (nSPS) is 23.1. The van der Waals surface area contributed by atoms with Crippen molar-refractivity contribution in [1.82, 2.24) is 4.90 Å². The van der Waals surface area contributed by atoms with Crippen LogP contribution in [0.25, 0.3) is 0 Å². The Morgan fingerprint density at radius 1 is 1.11 bits per heavy atom. The fraction of sp³-hybridized carbons (Fsp3) is 0.588. The zero-order valence-electron chi connectivity index (χ0n) is 11.8. The van der Waals surface area contributed by atoms with Crippen LogP contribution in [-0.4, -0.2) is 17.9 Å². The van der Waals surface area contributed by atoms with E-state index in [9.17, 15) is 4.79 Å². The number of amides is 1. The molecule has 1 fully saturated rings. The standard InChI is InChI=1S/C17H23NO/c1-18(17(19)14-8-3-2-4-9-14)16-12-11-13-7-5-6-10-15(13)16/h5-7,10,14,16H,2-4,8-9,11-12H2,1H3. The van der Waals surface area contributed by atoms with Crippen LogP contribution >= 0.6 is 0 Å². The smallest absolute Gasteiger partial charge is 0.225 e. The SMILES string of the molecule is CN(C(=O)C1CCCCC1)C1CCc2ccccc21. The highest BCUT2D eigenvalue weighted by Crippen LogP contribution is 2.36. The molecule has 2 aliphatic rings. The summed E-state index contributed by atoms with van der Waals surface area (Å²) in [7, 11) is 2.00. The molecule has 0 aliphatic heterocycles. The highest BCUT2D eigenvalue weighted by Gasteiger charge is 2.32. The van der Waals surface area contributed by atoms with E-state index < -0.39 is 0 Å². The van der Waals surface area contributed by atoms with Crippen molar-refractivity contribution >= 4 is 5.91 Å². The summed E-state index contributed by atoms with van der Waals surface area (Å²) in [4.78, 5) is 14.7. The molecule has 2 heteroatoms. The van der Waals surface area contributed by atoms with Gasteiger partial charge >= 0.3 is 0 Å². The summed E-state index contributed by atoms with van der Waals surface area (Å²) >= 11 is 0. The highest BCUT2D eigenvalue weighted by molar-refractivity contribution is 5.79. The number of nitrogens with zero attached hydrogens (tertiary/aromatic N) is 1. The van der Waals surface area contributed by atoms with Gasteiger partial charge in [0.25, 0.3) is 0 Å². The molecule has 1 aromatic carbocycles. The summed E-state index contributed by atoms with van der Waals surface area (Å²) in [6.45, 7) is 0. The topological polar surface area (TPSA) is 20.3 Å². The summed E-state index contributed by atoms with van der Waals surface area (Å²) in [5, 5.41) is 0. The number of benzene rings is 1. The van der Waals surface area contributed by atoms with Gasteiger partial charge in [-0.3, -0.25) is 4.79 Å². The number of carbonyl (C=O) groups is 1. The average Bonchev–Trinajstić information content (AvgIpc) is 2.90. The zero-order chi connectivity index (χ0) is 13.2. The van der Waals surface area contributed by atoms with Gasteiger partial charge in [-0.1, -0.05) is 43.5 Å². The minimum absolute atomic E-state index is 0.284. The predicted octanol–water partition coefficient (Wildman–Crippen LogP) is 3.71. The fourth-order valence-electron chi connectivity index (χ4n) is 3.73. The first-order valence-corrected chi connectivity index (χ1v) is 7.62. The summed E-state index contributed by atoms with van der Waals surface area (Å²) in [6.07, 6.45) is 8.16. The van der Waals surface area contributed by atoms with Crippen LogP contribution in [0.15, 0.2) is 24.3 Å². The van der Waals surface area contributed by atoms with Crippen LogP contribution in [0.5, 0.6) is 0 Å². The van der Waals surface area contributed by atoms with Crippen molar-refractivity contribution in [2.45, 2.75) is 51.0 Å². The van der Waals surface area contributed by atoms with Gasteiger partial charge in [0.15, 0.2) is 0 Å². The molecule has 0 bridgehead atoms. The van der Waals surface area contributed by atoms with Crippen LogP contribution in [0.2, 0.25) is 0 Å². The maximum absolute atomic E-state index is 12.6. The van der Waals surface area contributed by atoms with Crippen LogP contribution in [0.4, 0.5) is 0 Å². The summed E-state index contributed by atoms with van der Waals surface area (Å²) < 4.78 is 0. The van der Waals surface area contributed by atoms with E-state index in [-0.39, 0.29) is 5.92 Å². The van der Waals surface area contributed by atoms with E-state index in [1.165, 1.54) is 30.4 Å². The van der Waals surface area contributed by atoms with Gasteiger partial charge in [0, 0.05) is 13.0 Å². The lowest BCUT2D eigenvalue weighted by atomic mass is 9.88. The van der Waals surface area contributed by atoms with Gasteiger partial charge in [-0.05, 0) is 36.8 Å². The predicted molar refractivity (Wildman–Crippen MR) is 76.8 cm³/mol. The number of rotatable bonds is 2. The van der Waals surface area contributed by atoms with Gasteiger partial charge in [0.1, 0.15) is 0 Å². The van der Waals surface area contributed by atoms with E-state index in [2.05, 4.69) is 24.3 Å². The maximum atomic E-state index is 12.6. The van der Waals surface area contributed by atoms with Crippen molar-refractivity contribution in [3.63, 3.8) is 0 Å². The Morgan fingerprint density at radius 2 is 1.84 bits per heavy atom. The Bertz CT molecular complexity index is 462. The van der Waals surface area contributed by atoms with E-state index in [0.717, 1.165) is 25.7 Å². The maximum Gasteiger partial charge on any atom is 0.225 e. The minimum atomic E-state index is 0.284. The molecule has 0 N–H and O–H groups in total. The van der Waals surface area contributed by atoms with Crippen molar-refractivity contribution in [1.29, 1.82) is 0 Å². The van der Waals surface area contributed by atoms with Gasteiger partial charge in [0.2, 0.25) is 5.91 Å². The number of carbonyl (C=O) groups excluding carboxylic acids is 1. The molecule has 2 aliphatic carbocycles. The molecule has 1 atom stereocenters. The van der Waals surface area contributed by atoms with E-state index in [4.69, 9.17) is 0 Å². The second-order valence-electron chi connectivity index (χ2n) is 6.04. The summed E-state index contributed by atoms with van der Waals surface area (Å²) in [5.74, 6) is 0.660. The summed E-state index contributed by atoms with van der Waals surface area (Å²) in [5.41, 5.74) is 2.80. The molecule has 0 heterocycles. The molecule has 1 amide bonds. The Balaban J connectivity index is 1.74. The molecule has 1 aromatic rings. The molecule has 0 radical (unpaired) electrons. The molecule has 0 saturated heterocycles. The third-order valence-corrected chi connectivity index (χ3v) is 4.87. The van der Waals surface area contributed by atoms with E-state index in [0.29, 0.717) is 11.9 Å². The average molecular weight is 257 g/mol. The third kappa shape index (κ3) is 2.41. The van der Waals surface area contributed by atoms with Crippen LogP contribution in [0.1, 0.15) is 55.7 Å². The van der Waals surface area contributed by atoms with E-state index in [1.807, 2.05) is 11.9 Å². The van der Waals surface area contributed by atoms with Gasteiger partial charge < -0.3 is 4.90 Å². The lowest BCUT2D eigenvalue weighted by Crippen LogP contribution is -2.36. The molecular formula is C17H23NO. The van der Waals surface area contributed by atoms with Crippen molar-refractivity contribution in [3.05, 3.63) is 35.4 Å². The monoisotopic (exact) mass is 257 g/mol. The van der Waals surface area contributed by atoms with Crippen molar-refractivity contribution in [3.8, 4) is 0 Å². The summed E-state index contributed by atoms with van der Waals surface area (Å²) in [6, 6.07) is 8.90.